The van der Waals surface area contributed by atoms with E-state index in [4.69, 9.17) is 0 Å². The van der Waals surface area contributed by atoms with Crippen molar-refractivity contribution in [2.45, 2.75) is 25.4 Å². The van der Waals surface area contributed by atoms with Crippen LogP contribution in [0.2, 0.25) is 0 Å². The van der Waals surface area contributed by atoms with Crippen molar-refractivity contribution in [1.29, 1.82) is 0 Å². The van der Waals surface area contributed by atoms with Gasteiger partial charge in [0.25, 0.3) is 5.91 Å². The van der Waals surface area contributed by atoms with Crippen LogP contribution in [-0.4, -0.2) is 39.1 Å². The Bertz CT molecular complexity index is 873. The van der Waals surface area contributed by atoms with E-state index in [2.05, 4.69) is 20.5 Å². The Kier molecular flexibility index (Phi) is 4.62. The zero-order valence-electron chi connectivity index (χ0n) is 14.4. The number of hydrogen-bond donors (Lipinski definition) is 1. The molecule has 4 rings (SSSR count). The third kappa shape index (κ3) is 3.88. The Morgan fingerprint density at radius 3 is 2.62 bits per heavy atom. The summed E-state index contributed by atoms with van der Waals surface area (Å²) >= 11 is 1.55. The molecule has 2 heterocycles. The van der Waals surface area contributed by atoms with E-state index in [9.17, 15) is 4.79 Å². The van der Waals surface area contributed by atoms with Crippen LogP contribution in [0, 0.1) is 0 Å². The highest BCUT2D eigenvalue weighted by Gasteiger charge is 2.21. The molecule has 3 aromatic rings. The molecule has 1 saturated carbocycles. The minimum Gasteiger partial charge on any atom is -0.366 e. The largest absolute Gasteiger partial charge is 0.366 e. The van der Waals surface area contributed by atoms with E-state index in [-0.39, 0.29) is 5.91 Å². The zero-order chi connectivity index (χ0) is 17.9. The van der Waals surface area contributed by atoms with E-state index in [1.165, 1.54) is 12.8 Å². The summed E-state index contributed by atoms with van der Waals surface area (Å²) in [7, 11) is 1.79. The molecule has 1 aromatic carbocycles. The summed E-state index contributed by atoms with van der Waals surface area (Å²) in [5.74, 6) is 0.786. The normalized spacial score (nSPS) is 13.4. The molecule has 1 fully saturated rings. The Morgan fingerprint density at radius 2 is 2.00 bits per heavy atom. The molecule has 1 aliphatic rings. The number of hydrogen-bond acceptors (Lipinski definition) is 6. The number of nitrogens with zero attached hydrogens (tertiary/aromatic N) is 4. The minimum atomic E-state index is -0.0261. The summed E-state index contributed by atoms with van der Waals surface area (Å²) in [6.45, 7) is 0.513. The lowest BCUT2D eigenvalue weighted by Crippen LogP contribution is -2.26. The Hall–Kier alpha value is -2.80. The monoisotopic (exact) mass is 365 g/mol. The van der Waals surface area contributed by atoms with E-state index in [0.29, 0.717) is 18.2 Å². The molecule has 0 bridgehead atoms. The lowest BCUT2D eigenvalue weighted by molar-refractivity contribution is 0.0785. The highest BCUT2D eigenvalue weighted by Crippen LogP contribution is 2.24. The number of aromatic nitrogens is 3. The van der Waals surface area contributed by atoms with Crippen LogP contribution in [0.5, 0.6) is 0 Å². The van der Waals surface area contributed by atoms with Crippen LogP contribution in [0.3, 0.4) is 0 Å². The first-order valence-corrected chi connectivity index (χ1v) is 9.41. The summed E-state index contributed by atoms with van der Waals surface area (Å²) in [5, 5.41) is 14.7. The Balaban J connectivity index is 1.43. The minimum absolute atomic E-state index is 0.0261. The topological polar surface area (TPSA) is 71.0 Å². The van der Waals surface area contributed by atoms with Crippen LogP contribution < -0.4 is 5.32 Å². The molecule has 0 radical (unpaired) electrons. The van der Waals surface area contributed by atoms with Crippen molar-refractivity contribution in [2.24, 2.45) is 0 Å². The Labute approximate surface area is 155 Å². The maximum absolute atomic E-state index is 12.5. The van der Waals surface area contributed by atoms with Crippen molar-refractivity contribution >= 4 is 23.1 Å². The number of carbonyl (C=O) groups is 1. The predicted octanol–water partition coefficient (Wildman–Crippen LogP) is 3.45. The number of carbonyl (C=O) groups excluding carboxylic acids is 1. The van der Waals surface area contributed by atoms with Crippen LogP contribution >= 0.6 is 11.3 Å². The summed E-state index contributed by atoms with van der Waals surface area (Å²) in [5.41, 5.74) is 2.38. The SMILES string of the molecule is CN(Cc1nccs1)C(=O)c1ccc(-c2ccc(NC3CC3)nn2)cc1. The molecule has 1 aliphatic carbocycles. The van der Waals surface area contributed by atoms with Crippen LogP contribution in [0.25, 0.3) is 11.3 Å². The zero-order valence-corrected chi connectivity index (χ0v) is 15.2. The molecule has 1 N–H and O–H groups in total. The second-order valence-electron chi connectivity index (χ2n) is 6.39. The number of anilines is 1. The second-order valence-corrected chi connectivity index (χ2v) is 7.37. The first-order valence-electron chi connectivity index (χ1n) is 8.53. The average molecular weight is 365 g/mol. The molecule has 0 aliphatic heterocycles. The van der Waals surface area contributed by atoms with E-state index in [1.54, 1.807) is 29.5 Å². The summed E-state index contributed by atoms with van der Waals surface area (Å²) < 4.78 is 0. The molecular formula is C19H19N5OS. The van der Waals surface area contributed by atoms with Gasteiger partial charge in [-0.15, -0.1) is 21.5 Å². The second kappa shape index (κ2) is 7.21. The van der Waals surface area contributed by atoms with Gasteiger partial charge in [-0.2, -0.15) is 0 Å². The quantitative estimate of drug-likeness (QED) is 0.724. The fourth-order valence-electron chi connectivity index (χ4n) is 2.61. The maximum Gasteiger partial charge on any atom is 0.253 e. The number of rotatable bonds is 6. The standard InChI is InChI=1S/C19H19N5OS/c1-24(12-18-20-10-11-26-18)19(25)14-4-2-13(3-5-14)16-8-9-17(23-22-16)21-15-6-7-15/h2-5,8-11,15H,6-7,12H2,1H3,(H,21,23). The number of benzene rings is 1. The highest BCUT2D eigenvalue weighted by molar-refractivity contribution is 7.09. The van der Waals surface area contributed by atoms with Crippen LogP contribution in [0.4, 0.5) is 5.82 Å². The molecule has 0 saturated heterocycles. The molecular weight excluding hydrogens is 346 g/mol. The van der Waals surface area contributed by atoms with Gasteiger partial charge in [0.1, 0.15) is 10.8 Å². The maximum atomic E-state index is 12.5. The average Bonchev–Trinajstić information content (AvgIpc) is 3.34. The lowest BCUT2D eigenvalue weighted by Gasteiger charge is -2.15. The van der Waals surface area contributed by atoms with Gasteiger partial charge >= 0.3 is 0 Å². The van der Waals surface area contributed by atoms with E-state index < -0.39 is 0 Å². The van der Waals surface area contributed by atoms with Gasteiger partial charge in [-0.25, -0.2) is 4.98 Å². The van der Waals surface area contributed by atoms with Crippen molar-refractivity contribution < 1.29 is 4.79 Å². The first kappa shape index (κ1) is 16.7. The van der Waals surface area contributed by atoms with Crippen molar-refractivity contribution in [3.63, 3.8) is 0 Å². The number of thiazole rings is 1. The summed E-state index contributed by atoms with van der Waals surface area (Å²) in [6.07, 6.45) is 4.16. The first-order chi connectivity index (χ1) is 12.7. The van der Waals surface area contributed by atoms with Gasteiger partial charge in [0.2, 0.25) is 0 Å². The molecule has 0 unspecified atom stereocenters. The van der Waals surface area contributed by atoms with E-state index in [1.807, 2.05) is 41.8 Å². The van der Waals surface area contributed by atoms with Crippen molar-refractivity contribution in [3.8, 4) is 11.3 Å². The van der Waals surface area contributed by atoms with Crippen LogP contribution in [0.1, 0.15) is 28.2 Å². The summed E-state index contributed by atoms with van der Waals surface area (Å²) in [6, 6.07) is 11.9. The van der Waals surface area contributed by atoms with Gasteiger partial charge in [-0.05, 0) is 37.1 Å². The molecule has 6 nitrogen and oxygen atoms in total. The molecule has 7 heteroatoms. The Morgan fingerprint density at radius 1 is 1.19 bits per heavy atom. The number of nitrogens with one attached hydrogen (secondary N) is 1. The third-order valence-electron chi connectivity index (χ3n) is 4.22. The fraction of sp³-hybridized carbons (Fsp3) is 0.263. The van der Waals surface area contributed by atoms with Crippen LogP contribution in [-0.2, 0) is 6.54 Å². The molecule has 26 heavy (non-hydrogen) atoms. The molecule has 1 amide bonds. The molecule has 2 aromatic heterocycles. The van der Waals surface area contributed by atoms with E-state index >= 15 is 0 Å². The molecule has 0 atom stereocenters. The van der Waals surface area contributed by atoms with Gasteiger partial charge in [-0.3, -0.25) is 4.79 Å². The third-order valence-corrected chi connectivity index (χ3v) is 4.99. The van der Waals surface area contributed by atoms with Gasteiger partial charge in [-0.1, -0.05) is 12.1 Å². The van der Waals surface area contributed by atoms with Gasteiger partial charge in [0.05, 0.1) is 12.2 Å². The van der Waals surface area contributed by atoms with Gasteiger partial charge in [0.15, 0.2) is 0 Å². The number of amides is 1. The van der Waals surface area contributed by atoms with Gasteiger partial charge in [0, 0.05) is 35.8 Å². The van der Waals surface area contributed by atoms with Gasteiger partial charge < -0.3 is 10.2 Å². The lowest BCUT2D eigenvalue weighted by atomic mass is 10.1. The van der Waals surface area contributed by atoms with Crippen molar-refractivity contribution in [3.05, 3.63) is 58.5 Å². The molecule has 0 spiro atoms. The highest BCUT2D eigenvalue weighted by atomic mass is 32.1. The fourth-order valence-corrected chi connectivity index (χ4v) is 3.28. The predicted molar refractivity (Wildman–Crippen MR) is 102 cm³/mol. The van der Waals surface area contributed by atoms with Crippen LogP contribution in [0.15, 0.2) is 48.0 Å². The molecule has 132 valence electrons. The van der Waals surface area contributed by atoms with E-state index in [0.717, 1.165) is 22.1 Å². The van der Waals surface area contributed by atoms with Crippen molar-refractivity contribution in [1.82, 2.24) is 20.1 Å². The smallest absolute Gasteiger partial charge is 0.253 e. The summed E-state index contributed by atoms with van der Waals surface area (Å²) in [4.78, 5) is 18.4. The van der Waals surface area contributed by atoms with Crippen molar-refractivity contribution in [2.75, 3.05) is 12.4 Å².